The number of hydrogen-bond donors (Lipinski definition) is 3. The van der Waals surface area contributed by atoms with Crippen molar-refractivity contribution in [2.75, 3.05) is 0 Å². The van der Waals surface area contributed by atoms with Crippen molar-refractivity contribution in [2.24, 2.45) is 70.0 Å². The minimum atomic E-state index is -0.805. The molecule has 5 saturated carbocycles. The highest BCUT2D eigenvalue weighted by molar-refractivity contribution is 5.66. The Kier molecular flexibility index (Phi) is 8.47. The third kappa shape index (κ3) is 4.90. The van der Waals surface area contributed by atoms with Gasteiger partial charge in [-0.15, -0.1) is 0 Å². The van der Waals surface area contributed by atoms with Crippen molar-refractivity contribution in [3.63, 3.8) is 0 Å². The highest BCUT2D eigenvalue weighted by atomic mass is 17.3. The molecule has 4 aliphatic heterocycles. The SMILES string of the molecule is C[C@H](CCC(=O)O)[C@H]1CC[C@H]2[C@@H]3[C@H](O)C[C@@H]4C[C@H](O[C@H]5OC6O[C@@]7(C)CC[C@H]8[C@H](C)CCC([C@H]5C)[C@@]68OO7)CC[C@]4(C)[C@H]3C[C@H](O)[C@]12C. The van der Waals surface area contributed by atoms with Crippen molar-refractivity contribution in [1.29, 1.82) is 0 Å². The first-order valence-electron chi connectivity index (χ1n) is 19.6. The van der Waals surface area contributed by atoms with Gasteiger partial charge in [-0.25, -0.2) is 9.78 Å². The van der Waals surface area contributed by atoms with Crippen LogP contribution in [0.5, 0.6) is 0 Å². The first-order chi connectivity index (χ1) is 22.7. The highest BCUT2D eigenvalue weighted by Crippen LogP contribution is 2.69. The summed E-state index contributed by atoms with van der Waals surface area (Å²) in [5.41, 5.74) is -0.834. The Morgan fingerprint density at radius 2 is 1.67 bits per heavy atom. The van der Waals surface area contributed by atoms with Gasteiger partial charge in [-0.05, 0) is 136 Å². The molecule has 2 unspecified atom stereocenters. The van der Waals surface area contributed by atoms with E-state index in [1.165, 1.54) is 6.42 Å². The molecule has 4 saturated heterocycles. The molecule has 9 fully saturated rings. The monoisotopic (exact) mass is 674 g/mol. The first kappa shape index (κ1) is 34.3. The van der Waals surface area contributed by atoms with Crippen LogP contribution in [0.15, 0.2) is 0 Å². The second-order valence-corrected chi connectivity index (χ2v) is 18.8. The lowest BCUT2D eigenvalue weighted by Crippen LogP contribution is -2.70. The first-order valence-corrected chi connectivity index (χ1v) is 19.6. The van der Waals surface area contributed by atoms with Crippen molar-refractivity contribution < 1.29 is 44.1 Å². The summed E-state index contributed by atoms with van der Waals surface area (Å²) >= 11 is 0. The fourth-order valence-corrected chi connectivity index (χ4v) is 14.0. The molecule has 272 valence electrons. The Morgan fingerprint density at radius 1 is 0.896 bits per heavy atom. The van der Waals surface area contributed by atoms with Crippen molar-refractivity contribution >= 4 is 5.97 Å². The van der Waals surface area contributed by atoms with E-state index in [1.807, 2.05) is 6.92 Å². The van der Waals surface area contributed by atoms with E-state index in [0.717, 1.165) is 64.2 Å². The quantitative estimate of drug-likeness (QED) is 0.209. The van der Waals surface area contributed by atoms with Gasteiger partial charge in [0.1, 0.15) is 0 Å². The molecule has 1 spiro atoms. The zero-order valence-corrected chi connectivity index (χ0v) is 30.1. The molecule has 19 atom stereocenters. The lowest BCUT2D eigenvalue weighted by atomic mass is 9.43. The smallest absolute Gasteiger partial charge is 0.303 e. The predicted molar refractivity (Wildman–Crippen MR) is 176 cm³/mol. The van der Waals surface area contributed by atoms with Crippen LogP contribution in [0.3, 0.4) is 0 Å². The third-order valence-corrected chi connectivity index (χ3v) is 16.7. The average Bonchev–Trinajstić information content (AvgIpc) is 3.24. The van der Waals surface area contributed by atoms with Gasteiger partial charge < -0.3 is 29.5 Å². The van der Waals surface area contributed by atoms with E-state index in [-0.39, 0.29) is 71.1 Å². The van der Waals surface area contributed by atoms with E-state index >= 15 is 0 Å². The molecule has 9 aliphatic rings. The molecule has 9 rings (SSSR count). The molecule has 0 aromatic heterocycles. The average molecular weight is 675 g/mol. The second-order valence-electron chi connectivity index (χ2n) is 18.8. The number of carboxylic acid groups (broad SMARTS) is 1. The summed E-state index contributed by atoms with van der Waals surface area (Å²) in [6.07, 6.45) is 9.56. The van der Waals surface area contributed by atoms with Gasteiger partial charge in [-0.3, -0.25) is 4.79 Å². The van der Waals surface area contributed by atoms with Crippen molar-refractivity contribution in [2.45, 2.75) is 167 Å². The fraction of sp³-hybridized carbons (Fsp3) is 0.974. The van der Waals surface area contributed by atoms with Gasteiger partial charge in [0.25, 0.3) is 0 Å². The Hall–Kier alpha value is -0.810. The van der Waals surface area contributed by atoms with E-state index in [0.29, 0.717) is 24.2 Å². The fourth-order valence-electron chi connectivity index (χ4n) is 14.0. The number of aliphatic carboxylic acids is 1. The second kappa shape index (κ2) is 11.9. The lowest BCUT2D eigenvalue weighted by molar-refractivity contribution is -0.578. The van der Waals surface area contributed by atoms with Crippen LogP contribution in [-0.4, -0.2) is 63.6 Å². The van der Waals surface area contributed by atoms with Gasteiger partial charge >= 0.3 is 5.97 Å². The van der Waals surface area contributed by atoms with Crippen molar-refractivity contribution in [3.8, 4) is 0 Å². The van der Waals surface area contributed by atoms with E-state index < -0.39 is 35.9 Å². The summed E-state index contributed by atoms with van der Waals surface area (Å²) in [4.78, 5) is 23.7. The van der Waals surface area contributed by atoms with Gasteiger partial charge in [0, 0.05) is 24.7 Å². The van der Waals surface area contributed by atoms with Crippen LogP contribution in [0.25, 0.3) is 0 Å². The van der Waals surface area contributed by atoms with Crippen LogP contribution in [0.4, 0.5) is 0 Å². The number of carbonyl (C=O) groups is 1. The number of aliphatic hydroxyl groups excluding tert-OH is 2. The maximum absolute atomic E-state index is 12.0. The van der Waals surface area contributed by atoms with Crippen LogP contribution in [0.1, 0.15) is 125 Å². The van der Waals surface area contributed by atoms with E-state index in [9.17, 15) is 20.1 Å². The molecule has 48 heavy (non-hydrogen) atoms. The van der Waals surface area contributed by atoms with Crippen LogP contribution in [0, 0.1) is 70.0 Å². The summed E-state index contributed by atoms with van der Waals surface area (Å²) in [5, 5.41) is 33.2. The van der Waals surface area contributed by atoms with E-state index in [1.54, 1.807) is 0 Å². The molecule has 9 nitrogen and oxygen atoms in total. The number of carboxylic acids is 1. The zero-order chi connectivity index (χ0) is 34.0. The molecule has 2 bridgehead atoms. The summed E-state index contributed by atoms with van der Waals surface area (Å²) in [7, 11) is 0. The Balaban J connectivity index is 0.975. The van der Waals surface area contributed by atoms with Crippen LogP contribution in [0.2, 0.25) is 0 Å². The van der Waals surface area contributed by atoms with Crippen LogP contribution >= 0.6 is 0 Å². The zero-order valence-electron chi connectivity index (χ0n) is 30.1. The molecular formula is C39H62O9. The summed E-state index contributed by atoms with van der Waals surface area (Å²) in [6, 6.07) is 0. The normalized spacial score (nSPS) is 57.8. The van der Waals surface area contributed by atoms with Gasteiger partial charge in [-0.1, -0.05) is 34.6 Å². The summed E-state index contributed by atoms with van der Waals surface area (Å²) < 4.78 is 20.4. The van der Waals surface area contributed by atoms with Crippen LogP contribution in [-0.2, 0) is 28.8 Å². The molecule has 0 aromatic carbocycles. The van der Waals surface area contributed by atoms with Gasteiger partial charge in [0.15, 0.2) is 18.2 Å². The number of ether oxygens (including phenoxy) is 3. The Morgan fingerprint density at radius 3 is 2.44 bits per heavy atom. The number of aliphatic hydroxyl groups is 2. The number of fused-ring (bicyclic) bond motifs is 7. The van der Waals surface area contributed by atoms with Crippen LogP contribution < -0.4 is 0 Å². The largest absolute Gasteiger partial charge is 0.481 e. The maximum Gasteiger partial charge on any atom is 0.303 e. The summed E-state index contributed by atoms with van der Waals surface area (Å²) in [5.74, 6) is 1.23. The molecule has 5 aliphatic carbocycles. The van der Waals surface area contributed by atoms with E-state index in [4.69, 9.17) is 24.0 Å². The minimum absolute atomic E-state index is 0.0399. The molecule has 0 aromatic rings. The maximum atomic E-state index is 12.0. The Labute approximate surface area is 287 Å². The molecular weight excluding hydrogens is 612 g/mol. The highest BCUT2D eigenvalue weighted by Gasteiger charge is 2.70. The molecule has 0 amide bonds. The summed E-state index contributed by atoms with van der Waals surface area (Å²) in [6.45, 7) is 13.4. The van der Waals surface area contributed by atoms with Gasteiger partial charge in [-0.2, -0.15) is 0 Å². The molecule has 0 radical (unpaired) electrons. The van der Waals surface area contributed by atoms with Gasteiger partial charge in [0.2, 0.25) is 5.79 Å². The lowest BCUT2D eigenvalue weighted by Gasteiger charge is -2.64. The third-order valence-electron chi connectivity index (χ3n) is 16.7. The van der Waals surface area contributed by atoms with Crippen molar-refractivity contribution in [3.05, 3.63) is 0 Å². The van der Waals surface area contributed by atoms with Gasteiger partial charge in [0.05, 0.1) is 18.3 Å². The topological polar surface area (TPSA) is 124 Å². The predicted octanol–water partition coefficient (Wildman–Crippen LogP) is 6.68. The molecule has 3 N–H and O–H groups in total. The van der Waals surface area contributed by atoms with E-state index in [2.05, 4.69) is 34.6 Å². The standard InChI is InChI=1S/C39H62O9/c1-20(8-12-32(42)43)25-10-11-28-33-29(19-31(41)38(25,28)6)36(4)15-13-24(17-23(36)18-30(33)40)44-34-22(3)27-9-7-21(2)26-14-16-37(5)46-35(45-34)39(26,27)48-47-37/h20-31,33-35,40-41H,7-19H2,1-6H3,(H,42,43)/t20-,21-,22-,23+,24-,25-,26+,27?,28+,29+,30-,31+,33+,34+,35?,36+,37-,38-,39-/m1/s1. The minimum Gasteiger partial charge on any atom is -0.481 e. The molecule has 9 heteroatoms. The molecule has 4 heterocycles. The van der Waals surface area contributed by atoms with Crippen molar-refractivity contribution in [1.82, 2.24) is 0 Å². The number of hydrogen-bond acceptors (Lipinski definition) is 8. The Bertz CT molecular complexity index is 1250. The number of rotatable bonds is 6.